The van der Waals surface area contributed by atoms with E-state index < -0.39 is 6.10 Å². The van der Waals surface area contributed by atoms with Crippen molar-refractivity contribution >= 4 is 29.1 Å². The first-order valence-electron chi connectivity index (χ1n) is 9.05. The molecule has 3 unspecified atom stereocenters. The molecule has 0 bridgehead atoms. The summed E-state index contributed by atoms with van der Waals surface area (Å²) in [6, 6.07) is 5.65. The first kappa shape index (κ1) is 19.0. The maximum absolute atomic E-state index is 12.9. The number of likely N-dealkylation sites (tertiary alicyclic amines) is 1. The van der Waals surface area contributed by atoms with E-state index in [1.54, 1.807) is 6.07 Å². The smallest absolute Gasteiger partial charge is 0.251 e. The summed E-state index contributed by atoms with van der Waals surface area (Å²) in [7, 11) is 0. The molecule has 0 aliphatic carbocycles. The third-order valence-corrected chi connectivity index (χ3v) is 5.76. The quantitative estimate of drug-likeness (QED) is 0.741. The number of ether oxygens (including phenoxy) is 2. The zero-order chi connectivity index (χ0) is 17.8. The van der Waals surface area contributed by atoms with Gasteiger partial charge in [0.15, 0.2) is 0 Å². The number of carbonyl (C=O) groups is 1. The van der Waals surface area contributed by atoms with Crippen LogP contribution in [0.1, 0.15) is 50.6 Å². The molecule has 0 spiro atoms. The molecular weight excluding hydrogens is 361 g/mol. The first-order valence-corrected chi connectivity index (χ1v) is 9.80. The number of carbonyl (C=O) groups excluding carboxylic acids is 1. The van der Waals surface area contributed by atoms with Gasteiger partial charge in [-0.25, -0.2) is 0 Å². The van der Waals surface area contributed by atoms with Gasteiger partial charge in [-0.1, -0.05) is 29.3 Å². The lowest BCUT2D eigenvalue weighted by Gasteiger charge is -2.29. The van der Waals surface area contributed by atoms with Crippen molar-refractivity contribution in [1.82, 2.24) is 4.90 Å². The van der Waals surface area contributed by atoms with Gasteiger partial charge in [-0.3, -0.25) is 4.79 Å². The first-order chi connectivity index (χ1) is 12.1. The molecule has 138 valence electrons. The third-order valence-electron chi connectivity index (χ3n) is 5.02. The number of nitrogens with zero attached hydrogens (tertiary/aromatic N) is 1. The molecule has 3 atom stereocenters. The number of rotatable bonds is 5. The minimum absolute atomic E-state index is 0.0318. The Labute approximate surface area is 159 Å². The van der Waals surface area contributed by atoms with E-state index >= 15 is 0 Å². The molecule has 2 saturated heterocycles. The topological polar surface area (TPSA) is 38.8 Å². The Morgan fingerprint density at radius 1 is 1.28 bits per heavy atom. The molecule has 0 aromatic heterocycles. The molecule has 0 N–H and O–H groups in total. The fourth-order valence-electron chi connectivity index (χ4n) is 3.59. The van der Waals surface area contributed by atoms with Gasteiger partial charge >= 0.3 is 0 Å². The summed E-state index contributed by atoms with van der Waals surface area (Å²) in [5.74, 6) is 0.0318. The molecule has 2 aliphatic rings. The zero-order valence-electron chi connectivity index (χ0n) is 14.5. The van der Waals surface area contributed by atoms with Gasteiger partial charge in [-0.05, 0) is 56.7 Å². The molecular formula is C19H25Cl2NO3. The second-order valence-electron chi connectivity index (χ2n) is 6.83. The van der Waals surface area contributed by atoms with Crippen molar-refractivity contribution in [2.24, 2.45) is 0 Å². The van der Waals surface area contributed by atoms with Gasteiger partial charge in [-0.2, -0.15) is 0 Å². The Bertz CT molecular complexity index is 604. The summed E-state index contributed by atoms with van der Waals surface area (Å²) < 4.78 is 11.5. The Kier molecular flexibility index (Phi) is 6.61. The summed E-state index contributed by atoms with van der Waals surface area (Å²) in [6.45, 7) is 3.85. The maximum Gasteiger partial charge on any atom is 0.251 e. The van der Waals surface area contributed by atoms with Gasteiger partial charge in [0.25, 0.3) is 5.91 Å². The molecule has 1 aromatic carbocycles. The molecule has 6 heteroatoms. The van der Waals surface area contributed by atoms with Gasteiger partial charge in [0.1, 0.15) is 6.10 Å². The Hall–Kier alpha value is -0.810. The lowest BCUT2D eigenvalue weighted by molar-refractivity contribution is -0.147. The van der Waals surface area contributed by atoms with Crippen molar-refractivity contribution in [3.05, 3.63) is 33.8 Å². The fraction of sp³-hybridized carbons (Fsp3) is 0.632. The normalized spacial score (nSPS) is 25.2. The number of benzene rings is 1. The lowest BCUT2D eigenvalue weighted by atomic mass is 10.0. The van der Waals surface area contributed by atoms with E-state index in [2.05, 4.69) is 0 Å². The van der Waals surface area contributed by atoms with Crippen LogP contribution in [-0.2, 0) is 14.3 Å². The highest BCUT2D eigenvalue weighted by atomic mass is 35.5. The maximum atomic E-state index is 12.9. The molecule has 2 aliphatic heterocycles. The molecule has 2 fully saturated rings. The number of hydrogen-bond acceptors (Lipinski definition) is 3. The van der Waals surface area contributed by atoms with Crippen LogP contribution in [0.25, 0.3) is 0 Å². The zero-order valence-corrected chi connectivity index (χ0v) is 16.1. The van der Waals surface area contributed by atoms with E-state index in [-0.39, 0.29) is 18.1 Å². The van der Waals surface area contributed by atoms with Crippen LogP contribution in [0.4, 0.5) is 0 Å². The Morgan fingerprint density at radius 3 is 2.84 bits per heavy atom. The molecule has 4 nitrogen and oxygen atoms in total. The summed E-state index contributed by atoms with van der Waals surface area (Å²) >= 11 is 12.2. The van der Waals surface area contributed by atoms with Crippen LogP contribution in [0.5, 0.6) is 0 Å². The molecule has 0 saturated carbocycles. The Morgan fingerprint density at radius 2 is 2.12 bits per heavy atom. The van der Waals surface area contributed by atoms with Crippen LogP contribution >= 0.6 is 23.2 Å². The summed E-state index contributed by atoms with van der Waals surface area (Å²) in [5, 5.41) is 1.06. The fourth-order valence-corrected chi connectivity index (χ4v) is 3.90. The van der Waals surface area contributed by atoms with E-state index in [1.165, 1.54) is 6.42 Å². The lowest BCUT2D eigenvalue weighted by Crippen LogP contribution is -2.40. The van der Waals surface area contributed by atoms with Crippen molar-refractivity contribution in [3.63, 3.8) is 0 Å². The van der Waals surface area contributed by atoms with Crippen molar-refractivity contribution in [2.45, 2.75) is 57.3 Å². The highest BCUT2D eigenvalue weighted by Crippen LogP contribution is 2.35. The van der Waals surface area contributed by atoms with Crippen LogP contribution in [-0.4, -0.2) is 42.8 Å². The highest BCUT2D eigenvalue weighted by molar-refractivity contribution is 6.42. The van der Waals surface area contributed by atoms with E-state index in [9.17, 15) is 4.79 Å². The van der Waals surface area contributed by atoms with Gasteiger partial charge in [0.05, 0.1) is 28.8 Å². The second-order valence-corrected chi connectivity index (χ2v) is 7.64. The van der Waals surface area contributed by atoms with Crippen LogP contribution in [0, 0.1) is 0 Å². The largest absolute Gasteiger partial charge is 0.376 e. The Balaban J connectivity index is 1.60. The van der Waals surface area contributed by atoms with Gasteiger partial charge in [-0.15, -0.1) is 0 Å². The minimum Gasteiger partial charge on any atom is -0.376 e. The molecule has 2 heterocycles. The van der Waals surface area contributed by atoms with E-state index in [0.29, 0.717) is 16.7 Å². The average Bonchev–Trinajstić information content (AvgIpc) is 3.12. The molecule has 25 heavy (non-hydrogen) atoms. The van der Waals surface area contributed by atoms with Gasteiger partial charge in [0.2, 0.25) is 0 Å². The number of amides is 1. The number of halogens is 2. The highest BCUT2D eigenvalue weighted by Gasteiger charge is 2.33. The second kappa shape index (κ2) is 8.72. The predicted molar refractivity (Wildman–Crippen MR) is 99.2 cm³/mol. The monoisotopic (exact) mass is 385 g/mol. The molecule has 3 rings (SSSR count). The standard InChI is InChI=1S/C19H25Cl2NO3/c1-13(25-12-15-5-2-3-10-24-15)19(23)22-9-4-6-18(22)14-7-8-16(20)17(21)11-14/h7-8,11,13,15,18H,2-6,9-10,12H2,1H3. The van der Waals surface area contributed by atoms with Gasteiger partial charge in [0, 0.05) is 13.2 Å². The van der Waals surface area contributed by atoms with Crippen LogP contribution in [0.15, 0.2) is 18.2 Å². The molecule has 1 aromatic rings. The molecule has 1 amide bonds. The van der Waals surface area contributed by atoms with Crippen molar-refractivity contribution in [2.75, 3.05) is 19.8 Å². The average molecular weight is 386 g/mol. The summed E-state index contributed by atoms with van der Waals surface area (Å²) in [5.41, 5.74) is 1.03. The van der Waals surface area contributed by atoms with E-state index in [4.69, 9.17) is 32.7 Å². The minimum atomic E-state index is -0.464. The SMILES string of the molecule is CC(OCC1CCCCO1)C(=O)N1CCCC1c1ccc(Cl)c(Cl)c1. The van der Waals surface area contributed by atoms with E-state index in [0.717, 1.165) is 44.4 Å². The van der Waals surface area contributed by atoms with E-state index in [1.807, 2.05) is 24.0 Å². The van der Waals surface area contributed by atoms with Crippen LogP contribution in [0.3, 0.4) is 0 Å². The van der Waals surface area contributed by atoms with Crippen LogP contribution < -0.4 is 0 Å². The van der Waals surface area contributed by atoms with Gasteiger partial charge < -0.3 is 14.4 Å². The molecule has 0 radical (unpaired) electrons. The van der Waals surface area contributed by atoms with Crippen molar-refractivity contribution < 1.29 is 14.3 Å². The predicted octanol–water partition coefficient (Wildman–Crippen LogP) is 4.63. The third kappa shape index (κ3) is 4.68. The van der Waals surface area contributed by atoms with Crippen molar-refractivity contribution in [1.29, 1.82) is 0 Å². The summed E-state index contributed by atoms with van der Waals surface area (Å²) in [6.07, 6.45) is 4.86. The van der Waals surface area contributed by atoms with Crippen LogP contribution in [0.2, 0.25) is 10.0 Å². The van der Waals surface area contributed by atoms with Crippen molar-refractivity contribution in [3.8, 4) is 0 Å². The summed E-state index contributed by atoms with van der Waals surface area (Å²) in [4.78, 5) is 14.8. The number of hydrogen-bond donors (Lipinski definition) is 0.